The average molecular weight is 444 g/mol. The summed E-state index contributed by atoms with van der Waals surface area (Å²) in [5.74, 6) is 0.0688. The number of hydrogen-bond acceptors (Lipinski definition) is 5. The lowest BCUT2D eigenvalue weighted by molar-refractivity contribution is -0.122. The first-order chi connectivity index (χ1) is 16.0. The highest BCUT2D eigenvalue weighted by Crippen LogP contribution is 2.32. The van der Waals surface area contributed by atoms with Crippen LogP contribution in [-0.4, -0.2) is 25.0 Å². The minimum Gasteiger partial charge on any atom is -0.493 e. The molecule has 0 aliphatic rings. The van der Waals surface area contributed by atoms with E-state index in [1.54, 1.807) is 49.4 Å². The fourth-order valence-corrected chi connectivity index (χ4v) is 3.43. The maximum Gasteiger partial charge on any atom is 0.293 e. The van der Waals surface area contributed by atoms with Crippen molar-refractivity contribution in [2.75, 3.05) is 17.7 Å². The summed E-state index contributed by atoms with van der Waals surface area (Å²) in [7, 11) is 1.53. The van der Waals surface area contributed by atoms with Crippen LogP contribution in [0.15, 0.2) is 77.2 Å². The second-order valence-corrected chi connectivity index (χ2v) is 7.53. The lowest BCUT2D eigenvalue weighted by atomic mass is 10.2. The maximum atomic E-state index is 13.0. The monoisotopic (exact) mass is 444 g/mol. The van der Waals surface area contributed by atoms with Gasteiger partial charge in [-0.25, -0.2) is 0 Å². The van der Waals surface area contributed by atoms with Crippen molar-refractivity contribution < 1.29 is 23.5 Å². The van der Waals surface area contributed by atoms with Crippen LogP contribution >= 0.6 is 0 Å². The molecule has 0 saturated heterocycles. The van der Waals surface area contributed by atoms with Gasteiger partial charge in [0, 0.05) is 11.1 Å². The summed E-state index contributed by atoms with van der Waals surface area (Å²) in [6.45, 7) is 3.56. The van der Waals surface area contributed by atoms with Gasteiger partial charge in [-0.1, -0.05) is 36.4 Å². The summed E-state index contributed by atoms with van der Waals surface area (Å²) in [5.41, 5.74) is 2.41. The van der Waals surface area contributed by atoms with Crippen LogP contribution in [0.25, 0.3) is 11.0 Å². The van der Waals surface area contributed by atoms with Crippen LogP contribution in [0.4, 0.5) is 11.4 Å². The summed E-state index contributed by atoms with van der Waals surface area (Å²) < 4.78 is 16.9. The van der Waals surface area contributed by atoms with Crippen LogP contribution in [0.1, 0.15) is 23.0 Å². The molecule has 1 atom stereocenters. The van der Waals surface area contributed by atoms with Crippen molar-refractivity contribution in [3.8, 4) is 11.5 Å². The third-order valence-electron chi connectivity index (χ3n) is 5.07. The Morgan fingerprint density at radius 2 is 1.64 bits per heavy atom. The molecule has 7 heteroatoms. The first-order valence-electron chi connectivity index (χ1n) is 10.5. The van der Waals surface area contributed by atoms with Gasteiger partial charge in [0.1, 0.15) is 11.3 Å². The number of amides is 2. The van der Waals surface area contributed by atoms with Gasteiger partial charge in [0.15, 0.2) is 17.6 Å². The van der Waals surface area contributed by atoms with Crippen molar-refractivity contribution >= 4 is 34.2 Å². The van der Waals surface area contributed by atoms with Crippen molar-refractivity contribution in [3.05, 3.63) is 84.1 Å². The van der Waals surface area contributed by atoms with E-state index in [4.69, 9.17) is 13.9 Å². The smallest absolute Gasteiger partial charge is 0.293 e. The van der Waals surface area contributed by atoms with Crippen molar-refractivity contribution in [2.24, 2.45) is 0 Å². The molecular formula is C26H24N2O5. The molecule has 0 saturated carbocycles. The number of aryl methyl sites for hydroxylation is 1. The standard InChI is InChI=1S/C26H24N2O5/c1-16-9-8-10-18(15-16)27-26(30)24-23(19-11-4-5-12-20(19)33-24)28-25(29)17(2)32-22-14-7-6-13-21(22)31-3/h4-15,17H,1-3H3,(H,27,30)(H,28,29)/t17-/m0/s1. The minimum atomic E-state index is -0.859. The Morgan fingerprint density at radius 1 is 0.909 bits per heavy atom. The Balaban J connectivity index is 1.60. The zero-order chi connectivity index (χ0) is 23.4. The molecule has 7 nitrogen and oxygen atoms in total. The van der Waals surface area contributed by atoms with E-state index in [2.05, 4.69) is 10.6 Å². The van der Waals surface area contributed by atoms with Gasteiger partial charge < -0.3 is 24.5 Å². The second-order valence-electron chi connectivity index (χ2n) is 7.53. The van der Waals surface area contributed by atoms with Gasteiger partial charge in [0.2, 0.25) is 5.76 Å². The number of rotatable bonds is 7. The summed E-state index contributed by atoms with van der Waals surface area (Å²) in [4.78, 5) is 26.0. The zero-order valence-corrected chi connectivity index (χ0v) is 18.5. The first kappa shape index (κ1) is 22.0. The molecule has 4 aromatic rings. The number of carbonyl (C=O) groups is 2. The lowest BCUT2D eigenvalue weighted by Gasteiger charge is -2.16. The summed E-state index contributed by atoms with van der Waals surface area (Å²) in [5, 5.41) is 6.25. The number of carbonyl (C=O) groups excluding carboxylic acids is 2. The molecular weight excluding hydrogens is 420 g/mol. The second kappa shape index (κ2) is 9.48. The number of anilines is 2. The van der Waals surface area contributed by atoms with Crippen LogP contribution in [0.2, 0.25) is 0 Å². The van der Waals surface area contributed by atoms with Gasteiger partial charge >= 0.3 is 0 Å². The molecule has 4 rings (SSSR count). The molecule has 0 bridgehead atoms. The Labute approximate surface area is 191 Å². The largest absolute Gasteiger partial charge is 0.493 e. The van der Waals surface area contributed by atoms with E-state index in [0.29, 0.717) is 28.2 Å². The van der Waals surface area contributed by atoms with Crippen molar-refractivity contribution in [1.82, 2.24) is 0 Å². The normalized spacial score (nSPS) is 11.6. The topological polar surface area (TPSA) is 89.8 Å². The Hall–Kier alpha value is -4.26. The lowest BCUT2D eigenvalue weighted by Crippen LogP contribution is -2.31. The predicted octanol–water partition coefficient (Wildman–Crippen LogP) is 5.41. The van der Waals surface area contributed by atoms with E-state index in [0.717, 1.165) is 5.56 Å². The Kier molecular flexibility index (Phi) is 6.31. The number of ether oxygens (including phenoxy) is 2. The van der Waals surface area contributed by atoms with Gasteiger partial charge in [-0.15, -0.1) is 0 Å². The number of benzene rings is 3. The molecule has 0 spiro atoms. The third kappa shape index (κ3) is 4.82. The number of furan rings is 1. The van der Waals surface area contributed by atoms with Gasteiger partial charge in [-0.05, 0) is 55.8 Å². The summed E-state index contributed by atoms with van der Waals surface area (Å²) >= 11 is 0. The Morgan fingerprint density at radius 3 is 2.39 bits per heavy atom. The molecule has 33 heavy (non-hydrogen) atoms. The van der Waals surface area contributed by atoms with Crippen molar-refractivity contribution in [1.29, 1.82) is 0 Å². The number of hydrogen-bond donors (Lipinski definition) is 2. The van der Waals surface area contributed by atoms with E-state index in [1.165, 1.54) is 7.11 Å². The predicted molar refractivity (Wildman–Crippen MR) is 127 cm³/mol. The summed E-state index contributed by atoms with van der Waals surface area (Å²) in [6, 6.07) is 21.6. The zero-order valence-electron chi connectivity index (χ0n) is 18.5. The highest BCUT2D eigenvalue weighted by atomic mass is 16.5. The highest BCUT2D eigenvalue weighted by Gasteiger charge is 2.25. The van der Waals surface area contributed by atoms with E-state index in [-0.39, 0.29) is 11.4 Å². The molecule has 0 radical (unpaired) electrons. The average Bonchev–Trinajstić information content (AvgIpc) is 3.18. The molecule has 3 aromatic carbocycles. The van der Waals surface area contributed by atoms with Crippen LogP contribution in [0, 0.1) is 6.92 Å². The van der Waals surface area contributed by atoms with Crippen molar-refractivity contribution in [3.63, 3.8) is 0 Å². The van der Waals surface area contributed by atoms with Crippen molar-refractivity contribution in [2.45, 2.75) is 20.0 Å². The van der Waals surface area contributed by atoms with Crippen LogP contribution in [-0.2, 0) is 4.79 Å². The molecule has 2 amide bonds. The quantitative estimate of drug-likeness (QED) is 0.398. The molecule has 168 valence electrons. The molecule has 0 aliphatic heterocycles. The molecule has 2 N–H and O–H groups in total. The molecule has 0 aliphatic carbocycles. The Bertz CT molecular complexity index is 1310. The molecule has 1 heterocycles. The number of methoxy groups -OCH3 is 1. The maximum absolute atomic E-state index is 13.0. The van der Waals surface area contributed by atoms with E-state index >= 15 is 0 Å². The summed E-state index contributed by atoms with van der Waals surface area (Å²) in [6.07, 6.45) is -0.859. The van der Waals surface area contributed by atoms with Crippen LogP contribution < -0.4 is 20.1 Å². The van der Waals surface area contributed by atoms with E-state index in [9.17, 15) is 9.59 Å². The van der Waals surface area contributed by atoms with Gasteiger partial charge in [-0.3, -0.25) is 9.59 Å². The van der Waals surface area contributed by atoms with Crippen LogP contribution in [0.3, 0.4) is 0 Å². The molecule has 0 fully saturated rings. The SMILES string of the molecule is COc1ccccc1O[C@@H](C)C(=O)Nc1c(C(=O)Nc2cccc(C)c2)oc2ccccc12. The number of nitrogens with one attached hydrogen (secondary N) is 2. The fraction of sp³-hybridized carbons (Fsp3) is 0.154. The highest BCUT2D eigenvalue weighted by molar-refractivity contribution is 6.15. The van der Waals surface area contributed by atoms with E-state index in [1.807, 2.05) is 37.3 Å². The van der Waals surface area contributed by atoms with Gasteiger partial charge in [-0.2, -0.15) is 0 Å². The van der Waals surface area contributed by atoms with Gasteiger partial charge in [0.25, 0.3) is 11.8 Å². The first-order valence-corrected chi connectivity index (χ1v) is 10.5. The number of para-hydroxylation sites is 3. The fourth-order valence-electron chi connectivity index (χ4n) is 3.43. The van der Waals surface area contributed by atoms with Crippen LogP contribution in [0.5, 0.6) is 11.5 Å². The number of fused-ring (bicyclic) bond motifs is 1. The molecule has 1 aromatic heterocycles. The molecule has 0 unspecified atom stereocenters. The third-order valence-corrected chi connectivity index (χ3v) is 5.07. The van der Waals surface area contributed by atoms with Gasteiger partial charge in [0.05, 0.1) is 7.11 Å². The van der Waals surface area contributed by atoms with E-state index < -0.39 is 17.9 Å². The minimum absolute atomic E-state index is 0.00977.